The van der Waals surface area contributed by atoms with E-state index in [0.29, 0.717) is 34.8 Å². The van der Waals surface area contributed by atoms with Crippen LogP contribution in [0.15, 0.2) is 72.1 Å². The molecule has 0 spiro atoms. The van der Waals surface area contributed by atoms with E-state index in [1.807, 2.05) is 5.38 Å². The van der Waals surface area contributed by atoms with Crippen molar-refractivity contribution < 1.29 is 18.8 Å². The molecule has 3 amide bonds. The summed E-state index contributed by atoms with van der Waals surface area (Å²) in [5, 5.41) is 9.97. The molecule has 2 aromatic carbocycles. The van der Waals surface area contributed by atoms with E-state index in [4.69, 9.17) is 0 Å². The van der Waals surface area contributed by atoms with E-state index in [9.17, 15) is 18.8 Å². The van der Waals surface area contributed by atoms with Crippen molar-refractivity contribution in [3.8, 4) is 0 Å². The molecule has 158 valence electrons. The second kappa shape index (κ2) is 10.8. The van der Waals surface area contributed by atoms with Gasteiger partial charge in [-0.25, -0.2) is 4.39 Å². The van der Waals surface area contributed by atoms with Crippen molar-refractivity contribution in [2.24, 2.45) is 0 Å². The van der Waals surface area contributed by atoms with Gasteiger partial charge in [-0.15, -0.1) is 11.3 Å². The first kappa shape index (κ1) is 21.9. The molecule has 1 heterocycles. The molecule has 0 bridgehead atoms. The van der Waals surface area contributed by atoms with Gasteiger partial charge in [0.25, 0.3) is 11.8 Å². The molecule has 3 N–H and O–H groups in total. The van der Waals surface area contributed by atoms with Gasteiger partial charge < -0.3 is 16.0 Å². The minimum absolute atomic E-state index is 0.169. The number of halogens is 1. The molecule has 0 saturated carbocycles. The summed E-state index contributed by atoms with van der Waals surface area (Å²) >= 11 is 1.35. The van der Waals surface area contributed by atoms with Crippen LogP contribution in [0.4, 0.5) is 10.1 Å². The zero-order valence-electron chi connectivity index (χ0n) is 16.4. The van der Waals surface area contributed by atoms with E-state index >= 15 is 0 Å². The number of hydrogen-bond donors (Lipinski definition) is 3. The smallest absolute Gasteiger partial charge is 0.261 e. The summed E-state index contributed by atoms with van der Waals surface area (Å²) in [7, 11) is 0. The zero-order valence-corrected chi connectivity index (χ0v) is 17.2. The van der Waals surface area contributed by atoms with Gasteiger partial charge in [0.2, 0.25) is 5.91 Å². The second-order valence-electron chi connectivity index (χ2n) is 6.44. The van der Waals surface area contributed by atoms with Gasteiger partial charge >= 0.3 is 0 Å². The molecule has 6 nitrogen and oxygen atoms in total. The fraction of sp³-hybridized carbons (Fsp3) is 0.0870. The van der Waals surface area contributed by atoms with Crippen LogP contribution < -0.4 is 16.0 Å². The van der Waals surface area contributed by atoms with Gasteiger partial charge in [0.05, 0.1) is 4.88 Å². The number of anilines is 1. The fourth-order valence-corrected chi connectivity index (χ4v) is 3.22. The van der Waals surface area contributed by atoms with Crippen LogP contribution in [-0.4, -0.2) is 30.8 Å². The molecule has 31 heavy (non-hydrogen) atoms. The molecule has 3 rings (SSSR count). The summed E-state index contributed by atoms with van der Waals surface area (Å²) in [5.41, 5.74) is 1.67. The number of carbonyl (C=O) groups is 3. The van der Waals surface area contributed by atoms with Gasteiger partial charge in [-0.3, -0.25) is 14.4 Å². The van der Waals surface area contributed by atoms with Crippen molar-refractivity contribution in [3.63, 3.8) is 0 Å². The van der Waals surface area contributed by atoms with Gasteiger partial charge in [-0.1, -0.05) is 18.2 Å². The molecule has 0 aliphatic rings. The number of amides is 3. The first-order valence-electron chi connectivity index (χ1n) is 9.46. The van der Waals surface area contributed by atoms with E-state index in [1.165, 1.54) is 29.5 Å². The number of carbonyl (C=O) groups excluding carboxylic acids is 3. The van der Waals surface area contributed by atoms with Crippen molar-refractivity contribution in [3.05, 3.63) is 93.9 Å². The monoisotopic (exact) mass is 437 g/mol. The molecular weight excluding hydrogens is 417 g/mol. The lowest BCUT2D eigenvalue weighted by Crippen LogP contribution is -2.34. The Balaban J connectivity index is 1.42. The molecule has 0 radical (unpaired) electrons. The fourth-order valence-electron chi connectivity index (χ4n) is 2.58. The topological polar surface area (TPSA) is 87.3 Å². The molecule has 1 aromatic heterocycles. The van der Waals surface area contributed by atoms with Crippen LogP contribution >= 0.6 is 11.3 Å². The van der Waals surface area contributed by atoms with Crippen LogP contribution in [-0.2, 0) is 4.79 Å². The Morgan fingerprint density at radius 1 is 0.871 bits per heavy atom. The number of thiophene rings is 1. The Kier molecular flexibility index (Phi) is 7.67. The number of benzene rings is 2. The van der Waals surface area contributed by atoms with Crippen LogP contribution in [0, 0.1) is 5.82 Å². The van der Waals surface area contributed by atoms with Crippen molar-refractivity contribution in [2.75, 3.05) is 18.4 Å². The molecule has 0 aliphatic carbocycles. The van der Waals surface area contributed by atoms with Gasteiger partial charge in [0, 0.05) is 30.4 Å². The average molecular weight is 437 g/mol. The molecule has 8 heteroatoms. The Hall–Kier alpha value is -3.78. The zero-order chi connectivity index (χ0) is 22.1. The summed E-state index contributed by atoms with van der Waals surface area (Å²) < 4.78 is 12.9. The lowest BCUT2D eigenvalue weighted by atomic mass is 10.2. The second-order valence-corrected chi connectivity index (χ2v) is 7.39. The van der Waals surface area contributed by atoms with Crippen LogP contribution in [0.5, 0.6) is 0 Å². The normalized spacial score (nSPS) is 10.6. The highest BCUT2D eigenvalue weighted by atomic mass is 32.1. The Morgan fingerprint density at radius 3 is 2.19 bits per heavy atom. The predicted octanol–water partition coefficient (Wildman–Crippen LogP) is 3.70. The Morgan fingerprint density at radius 2 is 1.55 bits per heavy atom. The van der Waals surface area contributed by atoms with Crippen LogP contribution in [0.25, 0.3) is 6.08 Å². The molecule has 0 aliphatic heterocycles. The van der Waals surface area contributed by atoms with E-state index < -0.39 is 0 Å². The summed E-state index contributed by atoms with van der Waals surface area (Å²) in [6.45, 7) is 0.611. The number of nitrogens with one attached hydrogen (secondary N) is 3. The SMILES string of the molecule is O=C(/C=C/c1ccc(F)cc1)Nc1ccc(C(=O)NCCNC(=O)c2cccs2)cc1. The number of hydrogen-bond acceptors (Lipinski definition) is 4. The lowest BCUT2D eigenvalue weighted by Gasteiger charge is -2.07. The molecular formula is C23H20FN3O3S. The summed E-state index contributed by atoms with van der Waals surface area (Å²) in [5.74, 6) is -1.13. The minimum Gasteiger partial charge on any atom is -0.350 e. The first-order chi connectivity index (χ1) is 15.0. The highest BCUT2D eigenvalue weighted by molar-refractivity contribution is 7.12. The van der Waals surface area contributed by atoms with Gasteiger partial charge in [-0.05, 0) is 59.5 Å². The highest BCUT2D eigenvalue weighted by Crippen LogP contribution is 2.11. The lowest BCUT2D eigenvalue weighted by molar-refractivity contribution is -0.111. The summed E-state index contributed by atoms with van der Waals surface area (Å²) in [6.07, 6.45) is 2.92. The number of rotatable bonds is 8. The highest BCUT2D eigenvalue weighted by Gasteiger charge is 2.08. The average Bonchev–Trinajstić information content (AvgIpc) is 3.32. The van der Waals surface area contributed by atoms with E-state index in [2.05, 4.69) is 16.0 Å². The third kappa shape index (κ3) is 6.90. The maximum Gasteiger partial charge on any atom is 0.261 e. The standard InChI is InChI=1S/C23H20FN3O3S/c24-18-8-3-16(4-9-18)5-12-21(28)27-19-10-6-17(7-11-19)22(29)25-13-14-26-23(30)20-2-1-15-31-20/h1-12,15H,13-14H2,(H,25,29)(H,26,30)(H,27,28)/b12-5+. The maximum atomic E-state index is 12.9. The molecule has 0 fully saturated rings. The Labute approximate surface area is 182 Å². The maximum absolute atomic E-state index is 12.9. The van der Waals surface area contributed by atoms with Crippen molar-refractivity contribution >= 4 is 40.8 Å². The molecule has 0 saturated heterocycles. The van der Waals surface area contributed by atoms with Gasteiger partial charge in [0.15, 0.2) is 0 Å². The van der Waals surface area contributed by atoms with Crippen molar-refractivity contribution in [2.45, 2.75) is 0 Å². The minimum atomic E-state index is -0.344. The van der Waals surface area contributed by atoms with Crippen molar-refractivity contribution in [1.82, 2.24) is 10.6 Å². The summed E-state index contributed by atoms with van der Waals surface area (Å²) in [6, 6.07) is 15.7. The third-order valence-corrected chi connectivity index (χ3v) is 5.02. The van der Waals surface area contributed by atoms with Gasteiger partial charge in [-0.2, -0.15) is 0 Å². The van der Waals surface area contributed by atoms with E-state index in [-0.39, 0.29) is 23.5 Å². The first-order valence-corrected chi connectivity index (χ1v) is 10.3. The van der Waals surface area contributed by atoms with E-state index in [0.717, 1.165) is 0 Å². The predicted molar refractivity (Wildman–Crippen MR) is 119 cm³/mol. The summed E-state index contributed by atoms with van der Waals surface area (Å²) in [4.78, 5) is 36.6. The van der Waals surface area contributed by atoms with Crippen LogP contribution in [0.2, 0.25) is 0 Å². The largest absolute Gasteiger partial charge is 0.350 e. The van der Waals surface area contributed by atoms with Crippen molar-refractivity contribution in [1.29, 1.82) is 0 Å². The molecule has 3 aromatic rings. The van der Waals surface area contributed by atoms with Crippen LogP contribution in [0.1, 0.15) is 25.6 Å². The molecule has 0 atom stereocenters. The molecule has 0 unspecified atom stereocenters. The van der Waals surface area contributed by atoms with Crippen LogP contribution in [0.3, 0.4) is 0 Å². The third-order valence-electron chi connectivity index (χ3n) is 4.15. The van der Waals surface area contributed by atoms with Gasteiger partial charge in [0.1, 0.15) is 5.82 Å². The Bertz CT molecular complexity index is 1060. The van der Waals surface area contributed by atoms with E-state index in [1.54, 1.807) is 54.6 Å². The quantitative estimate of drug-likeness (QED) is 0.371.